The van der Waals surface area contributed by atoms with Gasteiger partial charge in [0.1, 0.15) is 0 Å². The summed E-state index contributed by atoms with van der Waals surface area (Å²) in [6.45, 7) is 4.35. The van der Waals surface area contributed by atoms with Gasteiger partial charge in [-0.1, -0.05) is 37.2 Å². The Morgan fingerprint density at radius 3 is 2.62 bits per heavy atom. The third kappa shape index (κ3) is 1.40. The first-order valence-electron chi connectivity index (χ1n) is 5.30. The zero-order valence-corrected chi connectivity index (χ0v) is 9.81. The lowest BCUT2D eigenvalue weighted by molar-refractivity contribution is 0.322. The number of fused-ring (bicyclic) bond motifs is 1. The Kier molecular flexibility index (Phi) is 2.46. The van der Waals surface area contributed by atoms with E-state index >= 15 is 0 Å². The average Bonchev–Trinajstić information content (AvgIpc) is 2.46. The molecule has 3 heteroatoms. The minimum atomic E-state index is -0.0491. The lowest BCUT2D eigenvalue weighted by Crippen LogP contribution is -2.23. The molecule has 3 nitrogen and oxygen atoms in total. The Morgan fingerprint density at radius 1 is 1.31 bits per heavy atom. The molecule has 0 saturated heterocycles. The fourth-order valence-corrected chi connectivity index (χ4v) is 2.41. The van der Waals surface area contributed by atoms with Gasteiger partial charge in [-0.15, -0.1) is 0 Å². The highest BCUT2D eigenvalue weighted by molar-refractivity contribution is 5.78. The van der Waals surface area contributed by atoms with E-state index in [0.29, 0.717) is 0 Å². The van der Waals surface area contributed by atoms with E-state index in [-0.39, 0.29) is 5.41 Å². The summed E-state index contributed by atoms with van der Waals surface area (Å²) in [4.78, 5) is 2.14. The van der Waals surface area contributed by atoms with Crippen LogP contribution >= 0.6 is 0 Å². The summed E-state index contributed by atoms with van der Waals surface area (Å²) < 4.78 is 0. The first kappa shape index (κ1) is 10.7. The summed E-state index contributed by atoms with van der Waals surface area (Å²) in [5.41, 5.74) is 3.60. The summed E-state index contributed by atoms with van der Waals surface area (Å²) >= 11 is 0. The normalized spacial score (nSPS) is 20.7. The maximum absolute atomic E-state index is 8.51. The Labute approximate surface area is 95.7 Å². The van der Waals surface area contributed by atoms with Crippen molar-refractivity contribution >= 4 is 11.9 Å². The van der Waals surface area contributed by atoms with E-state index in [0.717, 1.165) is 5.70 Å². The average molecular weight is 216 g/mol. The molecule has 0 amide bonds. The molecule has 0 aliphatic carbocycles. The zero-order valence-electron chi connectivity index (χ0n) is 9.81. The van der Waals surface area contributed by atoms with Gasteiger partial charge in [-0.25, -0.2) is 0 Å². The van der Waals surface area contributed by atoms with Crippen molar-refractivity contribution in [2.75, 3.05) is 11.9 Å². The van der Waals surface area contributed by atoms with Crippen LogP contribution in [0.25, 0.3) is 0 Å². The highest BCUT2D eigenvalue weighted by atomic mass is 16.4. The largest absolute Gasteiger partial charge is 0.411 e. The second-order valence-corrected chi connectivity index (χ2v) is 4.52. The monoisotopic (exact) mass is 216 g/mol. The maximum atomic E-state index is 8.51. The molecule has 0 radical (unpaired) electrons. The van der Waals surface area contributed by atoms with Gasteiger partial charge in [0.05, 0.1) is 6.21 Å². The molecule has 16 heavy (non-hydrogen) atoms. The molecule has 0 atom stereocenters. The van der Waals surface area contributed by atoms with Gasteiger partial charge in [-0.3, -0.25) is 0 Å². The number of hydrogen-bond donors (Lipinski definition) is 1. The third-order valence-electron chi connectivity index (χ3n) is 3.24. The smallest absolute Gasteiger partial charge is 0.0679 e. The summed E-state index contributed by atoms with van der Waals surface area (Å²) in [7, 11) is 2.03. The van der Waals surface area contributed by atoms with E-state index < -0.39 is 0 Å². The molecule has 1 aromatic rings. The molecule has 0 aromatic heterocycles. The molecule has 1 aliphatic heterocycles. The quantitative estimate of drug-likeness (QED) is 0.445. The lowest BCUT2D eigenvalue weighted by atomic mass is 9.84. The van der Waals surface area contributed by atoms with Crippen LogP contribution in [-0.2, 0) is 5.41 Å². The highest BCUT2D eigenvalue weighted by Gasteiger charge is 2.37. The van der Waals surface area contributed by atoms with Crippen LogP contribution in [0.2, 0.25) is 0 Å². The van der Waals surface area contributed by atoms with E-state index in [2.05, 4.69) is 42.1 Å². The molecule has 2 rings (SSSR count). The lowest BCUT2D eigenvalue weighted by Gasteiger charge is -2.23. The minimum Gasteiger partial charge on any atom is -0.411 e. The van der Waals surface area contributed by atoms with Crippen molar-refractivity contribution in [3.8, 4) is 0 Å². The summed E-state index contributed by atoms with van der Waals surface area (Å²) in [6.07, 6.45) is 3.26. The van der Waals surface area contributed by atoms with Crippen molar-refractivity contribution in [3.63, 3.8) is 0 Å². The van der Waals surface area contributed by atoms with Gasteiger partial charge in [0.15, 0.2) is 0 Å². The van der Waals surface area contributed by atoms with E-state index in [9.17, 15) is 0 Å². The van der Waals surface area contributed by atoms with Crippen LogP contribution in [0.1, 0.15) is 19.4 Å². The van der Waals surface area contributed by atoms with Gasteiger partial charge < -0.3 is 10.1 Å². The molecule has 1 N–H and O–H groups in total. The molecule has 0 unspecified atom stereocenters. The van der Waals surface area contributed by atoms with Gasteiger partial charge in [-0.2, -0.15) is 0 Å². The number of oxime groups is 1. The number of nitrogens with zero attached hydrogens (tertiary/aromatic N) is 2. The molecular formula is C13H16N2O. The Balaban J connectivity index is 2.57. The van der Waals surface area contributed by atoms with E-state index in [1.54, 1.807) is 0 Å². The van der Waals surface area contributed by atoms with Crippen LogP contribution in [0.15, 0.2) is 41.2 Å². The zero-order chi connectivity index (χ0) is 11.8. The Bertz CT molecular complexity index is 461. The van der Waals surface area contributed by atoms with Crippen LogP contribution in [0, 0.1) is 0 Å². The van der Waals surface area contributed by atoms with Crippen molar-refractivity contribution in [1.82, 2.24) is 0 Å². The van der Waals surface area contributed by atoms with E-state index in [1.807, 2.05) is 19.2 Å². The van der Waals surface area contributed by atoms with Gasteiger partial charge in [0.25, 0.3) is 0 Å². The minimum absolute atomic E-state index is 0.0491. The number of hydrogen-bond acceptors (Lipinski definition) is 3. The van der Waals surface area contributed by atoms with E-state index in [4.69, 9.17) is 5.21 Å². The van der Waals surface area contributed by atoms with Crippen molar-refractivity contribution in [2.24, 2.45) is 5.16 Å². The fraction of sp³-hybridized carbons (Fsp3) is 0.308. The summed E-state index contributed by atoms with van der Waals surface area (Å²) in [5.74, 6) is 0. The van der Waals surface area contributed by atoms with Gasteiger partial charge >= 0.3 is 0 Å². The van der Waals surface area contributed by atoms with Crippen LogP contribution in [0.4, 0.5) is 5.69 Å². The molecule has 1 aliphatic rings. The predicted octanol–water partition coefficient (Wildman–Crippen LogP) is 2.76. The fourth-order valence-electron chi connectivity index (χ4n) is 2.41. The third-order valence-corrected chi connectivity index (χ3v) is 3.24. The molecular weight excluding hydrogens is 200 g/mol. The molecule has 84 valence electrons. The van der Waals surface area contributed by atoms with Crippen molar-refractivity contribution < 1.29 is 5.21 Å². The summed E-state index contributed by atoms with van der Waals surface area (Å²) in [5, 5.41) is 11.5. The van der Waals surface area contributed by atoms with Crippen LogP contribution < -0.4 is 4.90 Å². The van der Waals surface area contributed by atoms with E-state index in [1.165, 1.54) is 17.5 Å². The van der Waals surface area contributed by atoms with Crippen LogP contribution in [0.3, 0.4) is 0 Å². The van der Waals surface area contributed by atoms with Crippen LogP contribution in [-0.4, -0.2) is 18.5 Å². The first-order valence-corrected chi connectivity index (χ1v) is 5.30. The topological polar surface area (TPSA) is 35.8 Å². The molecule has 0 spiro atoms. The molecule has 0 saturated carbocycles. The van der Waals surface area contributed by atoms with Crippen molar-refractivity contribution in [3.05, 3.63) is 41.6 Å². The molecule has 1 heterocycles. The van der Waals surface area contributed by atoms with Crippen molar-refractivity contribution in [2.45, 2.75) is 19.3 Å². The second-order valence-electron chi connectivity index (χ2n) is 4.52. The number of benzene rings is 1. The number of likely N-dealkylation sites (N-methyl/N-ethyl adjacent to an activating group) is 1. The Morgan fingerprint density at radius 2 is 2.00 bits per heavy atom. The van der Waals surface area contributed by atoms with Crippen molar-refractivity contribution in [1.29, 1.82) is 0 Å². The van der Waals surface area contributed by atoms with Crippen LogP contribution in [0.5, 0.6) is 0 Å². The number of para-hydroxylation sites is 1. The molecule has 0 bridgehead atoms. The van der Waals surface area contributed by atoms with Gasteiger partial charge in [0.2, 0.25) is 0 Å². The molecule has 1 aromatic carbocycles. The Hall–Kier alpha value is -1.77. The van der Waals surface area contributed by atoms with Gasteiger partial charge in [0, 0.05) is 23.8 Å². The number of rotatable bonds is 1. The SMILES string of the molecule is CN1C(=CC=NO)C(C)(C)c2ccccc21. The maximum Gasteiger partial charge on any atom is 0.0679 e. The predicted molar refractivity (Wildman–Crippen MR) is 66.2 cm³/mol. The number of anilines is 1. The van der Waals surface area contributed by atoms with Gasteiger partial charge in [-0.05, 0) is 17.7 Å². The summed E-state index contributed by atoms with van der Waals surface area (Å²) in [6, 6.07) is 8.34. The second kappa shape index (κ2) is 3.67. The first-order chi connectivity index (χ1) is 7.59. The number of allylic oxidation sites excluding steroid dienone is 2. The standard InChI is InChI=1S/C13H16N2O/c1-13(2)10-6-4-5-7-11(10)15(3)12(13)8-9-14-16/h4-9,16H,1-3H3. The molecule has 0 fully saturated rings. The highest BCUT2D eigenvalue weighted by Crippen LogP contribution is 2.46.